The van der Waals surface area contributed by atoms with Crippen LogP contribution in [0.15, 0.2) is 18.2 Å². The van der Waals surface area contributed by atoms with E-state index in [1.807, 2.05) is 0 Å². The summed E-state index contributed by atoms with van der Waals surface area (Å²) >= 11 is 0. The van der Waals surface area contributed by atoms with Crippen LogP contribution in [0.3, 0.4) is 0 Å². The largest absolute Gasteiger partial charge is 0.477 e. The third-order valence-corrected chi connectivity index (χ3v) is 3.49. The molecule has 0 bridgehead atoms. The molecule has 0 saturated carbocycles. The summed E-state index contributed by atoms with van der Waals surface area (Å²) in [5, 5.41) is 3.15. The molecule has 2 rings (SSSR count). The van der Waals surface area contributed by atoms with Gasteiger partial charge in [-0.2, -0.15) is 0 Å². The zero-order valence-electron chi connectivity index (χ0n) is 12.4. The van der Waals surface area contributed by atoms with Crippen LogP contribution in [0.1, 0.15) is 12.0 Å². The fourth-order valence-corrected chi connectivity index (χ4v) is 2.26. The molecular formula is C15H21FN2O3. The predicted molar refractivity (Wildman–Crippen MR) is 76.7 cm³/mol. The summed E-state index contributed by atoms with van der Waals surface area (Å²) in [4.78, 5) is 13.5. The van der Waals surface area contributed by atoms with E-state index >= 15 is 0 Å². The molecule has 0 aliphatic carbocycles. The first-order valence-corrected chi connectivity index (χ1v) is 7.02. The lowest BCUT2D eigenvalue weighted by atomic mass is 10.2. The molecule has 1 N–H and O–H groups in total. The first-order chi connectivity index (χ1) is 10.1. The molecular weight excluding hydrogens is 275 g/mol. The number of carbonyl (C=O) groups excluding carboxylic acids is 1. The fraction of sp³-hybridized carbons (Fsp3) is 0.533. The number of likely N-dealkylation sites (tertiary alicyclic amines) is 1. The van der Waals surface area contributed by atoms with Crippen molar-refractivity contribution in [2.45, 2.75) is 19.1 Å². The lowest BCUT2D eigenvalue weighted by molar-refractivity contribution is -0.132. The second-order valence-electron chi connectivity index (χ2n) is 5.05. The van der Waals surface area contributed by atoms with Crippen molar-refractivity contribution in [3.05, 3.63) is 29.6 Å². The summed E-state index contributed by atoms with van der Waals surface area (Å²) in [6.45, 7) is 2.35. The zero-order chi connectivity index (χ0) is 15.2. The van der Waals surface area contributed by atoms with E-state index in [0.29, 0.717) is 38.2 Å². The van der Waals surface area contributed by atoms with E-state index < -0.39 is 11.9 Å². The smallest absolute Gasteiger partial charge is 0.263 e. The average Bonchev–Trinajstić information content (AvgIpc) is 2.78. The Labute approximate surface area is 124 Å². The van der Waals surface area contributed by atoms with Gasteiger partial charge in [-0.25, -0.2) is 4.39 Å². The number of likely N-dealkylation sites (N-methyl/N-ethyl adjacent to an activating group) is 1. The SMILES string of the molecule is COCCNCc1cccc(F)c1OC1CCN(C)C1=O. The maximum atomic E-state index is 14.0. The summed E-state index contributed by atoms with van der Waals surface area (Å²) in [6.07, 6.45) is -0.00940. The second kappa shape index (κ2) is 7.38. The summed E-state index contributed by atoms with van der Waals surface area (Å²) in [5.74, 6) is -0.379. The van der Waals surface area contributed by atoms with E-state index in [9.17, 15) is 9.18 Å². The normalized spacial score (nSPS) is 18.3. The molecule has 1 unspecified atom stereocenters. The van der Waals surface area contributed by atoms with E-state index in [0.717, 1.165) is 0 Å². The molecule has 0 spiro atoms. The molecule has 1 aromatic rings. The molecule has 21 heavy (non-hydrogen) atoms. The summed E-state index contributed by atoms with van der Waals surface area (Å²) in [7, 11) is 3.35. The van der Waals surface area contributed by atoms with Crippen molar-refractivity contribution in [1.82, 2.24) is 10.2 Å². The number of rotatable bonds is 7. The molecule has 1 saturated heterocycles. The Bertz CT molecular complexity index is 496. The molecule has 1 heterocycles. The maximum Gasteiger partial charge on any atom is 0.263 e. The lowest BCUT2D eigenvalue weighted by Crippen LogP contribution is -2.30. The van der Waals surface area contributed by atoms with Gasteiger partial charge in [0.15, 0.2) is 17.7 Å². The van der Waals surface area contributed by atoms with Crippen molar-refractivity contribution in [3.8, 4) is 5.75 Å². The topological polar surface area (TPSA) is 50.8 Å². The molecule has 1 atom stereocenters. The Hall–Kier alpha value is -1.66. The highest BCUT2D eigenvalue weighted by Crippen LogP contribution is 2.26. The Morgan fingerprint density at radius 1 is 1.48 bits per heavy atom. The van der Waals surface area contributed by atoms with E-state index in [-0.39, 0.29) is 11.7 Å². The van der Waals surface area contributed by atoms with Crippen molar-refractivity contribution in [1.29, 1.82) is 0 Å². The second-order valence-corrected chi connectivity index (χ2v) is 5.05. The number of carbonyl (C=O) groups is 1. The van der Waals surface area contributed by atoms with Crippen LogP contribution in [0.2, 0.25) is 0 Å². The number of amides is 1. The number of hydrogen-bond acceptors (Lipinski definition) is 4. The molecule has 1 amide bonds. The van der Waals surface area contributed by atoms with Gasteiger partial charge in [0.1, 0.15) is 0 Å². The van der Waals surface area contributed by atoms with Crippen LogP contribution in [0.5, 0.6) is 5.75 Å². The van der Waals surface area contributed by atoms with Crippen molar-refractivity contribution in [2.75, 3.05) is 33.9 Å². The number of methoxy groups -OCH3 is 1. The van der Waals surface area contributed by atoms with Gasteiger partial charge in [0.2, 0.25) is 0 Å². The van der Waals surface area contributed by atoms with Gasteiger partial charge in [-0.15, -0.1) is 0 Å². The van der Waals surface area contributed by atoms with E-state index in [4.69, 9.17) is 9.47 Å². The van der Waals surface area contributed by atoms with Crippen LogP contribution in [0.25, 0.3) is 0 Å². The Kier molecular flexibility index (Phi) is 5.52. The summed E-state index contributed by atoms with van der Waals surface area (Å²) in [5.41, 5.74) is 0.702. The Balaban J connectivity index is 2.05. The van der Waals surface area contributed by atoms with Gasteiger partial charge >= 0.3 is 0 Å². The van der Waals surface area contributed by atoms with Gasteiger partial charge in [-0.1, -0.05) is 12.1 Å². The minimum Gasteiger partial charge on any atom is -0.477 e. The summed E-state index contributed by atoms with van der Waals surface area (Å²) < 4.78 is 24.6. The minimum absolute atomic E-state index is 0.100. The third-order valence-electron chi connectivity index (χ3n) is 3.49. The third kappa shape index (κ3) is 3.92. The molecule has 0 aromatic heterocycles. The number of para-hydroxylation sites is 1. The minimum atomic E-state index is -0.593. The van der Waals surface area contributed by atoms with Crippen molar-refractivity contribution < 1.29 is 18.7 Å². The van der Waals surface area contributed by atoms with Crippen LogP contribution in [-0.2, 0) is 16.1 Å². The number of halogens is 1. The number of benzene rings is 1. The van der Waals surface area contributed by atoms with Crippen LogP contribution >= 0.6 is 0 Å². The average molecular weight is 296 g/mol. The van der Waals surface area contributed by atoms with Gasteiger partial charge in [0, 0.05) is 45.8 Å². The monoisotopic (exact) mass is 296 g/mol. The van der Waals surface area contributed by atoms with E-state index in [2.05, 4.69) is 5.32 Å². The van der Waals surface area contributed by atoms with Crippen LogP contribution < -0.4 is 10.1 Å². The van der Waals surface area contributed by atoms with Crippen molar-refractivity contribution in [3.63, 3.8) is 0 Å². The highest BCUT2D eigenvalue weighted by molar-refractivity contribution is 5.83. The van der Waals surface area contributed by atoms with Gasteiger partial charge in [-0.05, 0) is 6.07 Å². The van der Waals surface area contributed by atoms with Crippen LogP contribution in [0.4, 0.5) is 4.39 Å². The first kappa shape index (κ1) is 15.7. The Morgan fingerprint density at radius 2 is 2.29 bits per heavy atom. The molecule has 1 aromatic carbocycles. The first-order valence-electron chi connectivity index (χ1n) is 7.02. The Morgan fingerprint density at radius 3 is 2.95 bits per heavy atom. The summed E-state index contributed by atoms with van der Waals surface area (Å²) in [6, 6.07) is 4.77. The maximum absolute atomic E-state index is 14.0. The van der Waals surface area contributed by atoms with Crippen LogP contribution in [-0.4, -0.2) is 50.8 Å². The van der Waals surface area contributed by atoms with Crippen LogP contribution in [0, 0.1) is 5.82 Å². The van der Waals surface area contributed by atoms with Gasteiger partial charge in [0.05, 0.1) is 6.61 Å². The van der Waals surface area contributed by atoms with Gasteiger partial charge < -0.3 is 19.7 Å². The molecule has 0 radical (unpaired) electrons. The molecule has 1 aliphatic rings. The molecule has 1 aliphatic heterocycles. The molecule has 6 heteroatoms. The van der Waals surface area contributed by atoms with Crippen molar-refractivity contribution in [2.24, 2.45) is 0 Å². The predicted octanol–water partition coefficient (Wildman–Crippen LogP) is 1.17. The van der Waals surface area contributed by atoms with Gasteiger partial charge in [-0.3, -0.25) is 4.79 Å². The highest BCUT2D eigenvalue weighted by Gasteiger charge is 2.32. The quantitative estimate of drug-likeness (QED) is 0.768. The fourth-order valence-electron chi connectivity index (χ4n) is 2.26. The molecule has 5 nitrogen and oxygen atoms in total. The lowest BCUT2D eigenvalue weighted by Gasteiger charge is -2.17. The standard InChI is InChI=1S/C15H21FN2O3/c1-18-8-6-13(15(18)19)21-14-11(4-3-5-12(14)16)10-17-7-9-20-2/h3-5,13,17H,6-10H2,1-2H3. The number of hydrogen-bond donors (Lipinski definition) is 1. The number of nitrogens with zero attached hydrogens (tertiary/aromatic N) is 1. The van der Waals surface area contributed by atoms with E-state index in [1.165, 1.54) is 6.07 Å². The number of ether oxygens (including phenoxy) is 2. The van der Waals surface area contributed by atoms with E-state index in [1.54, 1.807) is 31.2 Å². The highest BCUT2D eigenvalue weighted by atomic mass is 19.1. The number of nitrogens with one attached hydrogen (secondary N) is 1. The molecule has 116 valence electrons. The molecule has 1 fully saturated rings. The van der Waals surface area contributed by atoms with Crippen molar-refractivity contribution >= 4 is 5.91 Å². The van der Waals surface area contributed by atoms with Gasteiger partial charge in [0.25, 0.3) is 5.91 Å². The zero-order valence-corrected chi connectivity index (χ0v) is 12.4.